The molecule has 1 nitrogen and oxygen atoms in total. The molecule has 0 heterocycles. The summed E-state index contributed by atoms with van der Waals surface area (Å²) in [6.45, 7) is 2.17. The third kappa shape index (κ3) is 2.62. The van der Waals surface area contributed by atoms with Crippen LogP contribution in [0.15, 0.2) is 24.3 Å². The molecule has 11 heavy (non-hydrogen) atoms. The normalized spacial score (nSPS) is 9.91. The van der Waals surface area contributed by atoms with Gasteiger partial charge in [-0.1, -0.05) is 25.5 Å². The smallest absolute Gasteiger partial charge is 0.0314 e. The van der Waals surface area contributed by atoms with Crippen molar-refractivity contribution in [2.24, 2.45) is 0 Å². The molecular weight excluding hydrogens is 134 g/mol. The number of hydrogen-bond donors (Lipinski definition) is 1. The van der Waals surface area contributed by atoms with Crippen molar-refractivity contribution in [3.8, 4) is 0 Å². The number of benzene rings is 1. The minimum atomic E-state index is 0.832. The van der Waals surface area contributed by atoms with Gasteiger partial charge in [0.1, 0.15) is 0 Å². The molecule has 0 atom stereocenters. The Hall–Kier alpha value is -0.980. The van der Waals surface area contributed by atoms with Gasteiger partial charge in [-0.3, -0.25) is 0 Å². The Bertz CT molecular complexity index is 201. The molecule has 1 radical (unpaired) electrons. The molecule has 0 spiro atoms. The lowest BCUT2D eigenvalue weighted by Crippen LogP contribution is -1.85. The molecule has 1 aromatic rings. The Morgan fingerprint density at radius 2 is 1.91 bits per heavy atom. The van der Waals surface area contributed by atoms with Gasteiger partial charge in [0, 0.05) is 5.69 Å². The summed E-state index contributed by atoms with van der Waals surface area (Å²) in [5.41, 5.74) is 7.64. The van der Waals surface area contributed by atoms with Crippen LogP contribution in [0.25, 0.3) is 0 Å². The Labute approximate surface area is 68.2 Å². The highest BCUT2D eigenvalue weighted by atomic mass is 14.5. The highest BCUT2D eigenvalue weighted by Gasteiger charge is 1.90. The summed E-state index contributed by atoms with van der Waals surface area (Å²) in [6, 6.07) is 7.96. The minimum Gasteiger partial charge on any atom is -0.399 e. The van der Waals surface area contributed by atoms with Crippen LogP contribution in [0, 0.1) is 6.42 Å². The Morgan fingerprint density at radius 1 is 1.27 bits per heavy atom. The first-order chi connectivity index (χ1) is 5.33. The molecule has 0 aliphatic carbocycles. The number of nitrogens with two attached hydrogens (primary N) is 1. The zero-order valence-electron chi connectivity index (χ0n) is 6.88. The van der Waals surface area contributed by atoms with E-state index in [9.17, 15) is 0 Å². The fourth-order valence-electron chi connectivity index (χ4n) is 0.943. The summed E-state index contributed by atoms with van der Waals surface area (Å²) in [4.78, 5) is 0. The number of nitrogen functional groups attached to an aromatic ring is 1. The van der Waals surface area contributed by atoms with E-state index >= 15 is 0 Å². The predicted octanol–water partition coefficient (Wildman–Crippen LogP) is 2.62. The number of rotatable bonds is 3. The maximum atomic E-state index is 5.54. The van der Waals surface area contributed by atoms with E-state index in [1.54, 1.807) is 0 Å². The van der Waals surface area contributed by atoms with Crippen molar-refractivity contribution in [1.29, 1.82) is 0 Å². The summed E-state index contributed by atoms with van der Waals surface area (Å²) >= 11 is 0. The fourth-order valence-corrected chi connectivity index (χ4v) is 0.943. The van der Waals surface area contributed by atoms with Gasteiger partial charge in [-0.05, 0) is 30.5 Å². The van der Waals surface area contributed by atoms with Gasteiger partial charge in [0.2, 0.25) is 0 Å². The maximum Gasteiger partial charge on any atom is 0.0314 e. The molecule has 0 aliphatic rings. The molecule has 59 valence electrons. The first kappa shape index (κ1) is 8.12. The monoisotopic (exact) mass is 148 g/mol. The average molecular weight is 148 g/mol. The van der Waals surface area contributed by atoms with Crippen molar-refractivity contribution >= 4 is 5.69 Å². The van der Waals surface area contributed by atoms with Gasteiger partial charge in [0.15, 0.2) is 0 Å². The summed E-state index contributed by atoms with van der Waals surface area (Å²) in [6.07, 6.45) is 4.56. The molecule has 0 amide bonds. The van der Waals surface area contributed by atoms with E-state index in [-0.39, 0.29) is 0 Å². The summed E-state index contributed by atoms with van der Waals surface area (Å²) < 4.78 is 0. The Balaban J connectivity index is 2.52. The lowest BCUT2D eigenvalue weighted by atomic mass is 10.1. The molecule has 0 aromatic heterocycles. The van der Waals surface area contributed by atoms with Gasteiger partial charge < -0.3 is 5.73 Å². The van der Waals surface area contributed by atoms with Gasteiger partial charge in [-0.25, -0.2) is 0 Å². The highest BCUT2D eigenvalue weighted by Crippen LogP contribution is 2.09. The van der Waals surface area contributed by atoms with E-state index in [0.717, 1.165) is 12.1 Å². The van der Waals surface area contributed by atoms with E-state index in [2.05, 4.69) is 13.3 Å². The molecule has 0 bridgehead atoms. The van der Waals surface area contributed by atoms with E-state index in [0.29, 0.717) is 0 Å². The van der Waals surface area contributed by atoms with Crippen LogP contribution in [0.3, 0.4) is 0 Å². The van der Waals surface area contributed by atoms with Crippen LogP contribution in [-0.4, -0.2) is 0 Å². The van der Waals surface area contributed by atoms with Gasteiger partial charge >= 0.3 is 0 Å². The molecule has 0 saturated carbocycles. The summed E-state index contributed by atoms with van der Waals surface area (Å²) in [5, 5.41) is 0. The molecule has 2 N–H and O–H groups in total. The zero-order valence-corrected chi connectivity index (χ0v) is 6.88. The second-order valence-electron chi connectivity index (χ2n) is 2.66. The number of anilines is 1. The lowest BCUT2D eigenvalue weighted by Gasteiger charge is -1.98. The Morgan fingerprint density at radius 3 is 2.45 bits per heavy atom. The van der Waals surface area contributed by atoms with Crippen LogP contribution < -0.4 is 5.73 Å². The van der Waals surface area contributed by atoms with Gasteiger partial charge in [-0.2, -0.15) is 0 Å². The van der Waals surface area contributed by atoms with Crippen molar-refractivity contribution in [3.05, 3.63) is 36.2 Å². The number of hydrogen-bond acceptors (Lipinski definition) is 1. The maximum absolute atomic E-state index is 5.54. The molecule has 1 heteroatoms. The quantitative estimate of drug-likeness (QED) is 0.655. The molecular formula is C10H14N. The van der Waals surface area contributed by atoms with Crippen molar-refractivity contribution in [3.63, 3.8) is 0 Å². The minimum absolute atomic E-state index is 0.832. The molecule has 0 saturated heterocycles. The van der Waals surface area contributed by atoms with E-state index in [1.807, 2.05) is 24.3 Å². The summed E-state index contributed by atoms with van der Waals surface area (Å²) in [5.74, 6) is 0. The summed E-state index contributed by atoms with van der Waals surface area (Å²) in [7, 11) is 0. The van der Waals surface area contributed by atoms with Crippen LogP contribution in [0.5, 0.6) is 0 Å². The van der Waals surface area contributed by atoms with Gasteiger partial charge in [0.05, 0.1) is 0 Å². The van der Waals surface area contributed by atoms with Crippen LogP contribution in [-0.2, 0) is 0 Å². The van der Waals surface area contributed by atoms with Crippen molar-refractivity contribution in [1.82, 2.24) is 0 Å². The second-order valence-corrected chi connectivity index (χ2v) is 2.66. The molecule has 1 aromatic carbocycles. The largest absolute Gasteiger partial charge is 0.399 e. The first-order valence-corrected chi connectivity index (χ1v) is 4.01. The van der Waals surface area contributed by atoms with E-state index in [1.165, 1.54) is 12.0 Å². The zero-order chi connectivity index (χ0) is 8.10. The van der Waals surface area contributed by atoms with Crippen LogP contribution in [0.2, 0.25) is 0 Å². The number of unbranched alkanes of at least 4 members (excludes halogenated alkanes) is 1. The first-order valence-electron chi connectivity index (χ1n) is 4.01. The highest BCUT2D eigenvalue weighted by molar-refractivity contribution is 5.41. The van der Waals surface area contributed by atoms with E-state index in [4.69, 9.17) is 5.73 Å². The predicted molar refractivity (Wildman–Crippen MR) is 49.2 cm³/mol. The fraction of sp³-hybridized carbons (Fsp3) is 0.300. The van der Waals surface area contributed by atoms with Crippen molar-refractivity contribution in [2.45, 2.75) is 19.8 Å². The second kappa shape index (κ2) is 4.02. The Kier molecular flexibility index (Phi) is 2.96. The molecule has 0 aliphatic heterocycles. The van der Waals surface area contributed by atoms with Crippen molar-refractivity contribution < 1.29 is 0 Å². The standard InChI is InChI=1S/C10H14N/c1-2-3-4-9-5-7-10(11)8-6-9/h4-8H,2-3,11H2,1H3. The van der Waals surface area contributed by atoms with E-state index < -0.39 is 0 Å². The van der Waals surface area contributed by atoms with Crippen molar-refractivity contribution in [2.75, 3.05) is 5.73 Å². The third-order valence-corrected chi connectivity index (χ3v) is 1.61. The van der Waals surface area contributed by atoms with Crippen LogP contribution in [0.1, 0.15) is 25.3 Å². The van der Waals surface area contributed by atoms with Crippen LogP contribution in [0.4, 0.5) is 5.69 Å². The van der Waals surface area contributed by atoms with Gasteiger partial charge in [0.25, 0.3) is 0 Å². The van der Waals surface area contributed by atoms with Gasteiger partial charge in [-0.15, -0.1) is 0 Å². The topological polar surface area (TPSA) is 26.0 Å². The van der Waals surface area contributed by atoms with Crippen LogP contribution >= 0.6 is 0 Å². The SMILES string of the molecule is CCC[CH]c1ccc(N)cc1. The average Bonchev–Trinajstić information content (AvgIpc) is 2.04. The lowest BCUT2D eigenvalue weighted by molar-refractivity contribution is 0.914. The molecule has 0 fully saturated rings. The molecule has 0 unspecified atom stereocenters. The molecule has 1 rings (SSSR count). The third-order valence-electron chi connectivity index (χ3n) is 1.61.